The van der Waals surface area contributed by atoms with Crippen LogP contribution in [0.2, 0.25) is 16.6 Å². The molecule has 84 valence electrons. The van der Waals surface area contributed by atoms with Crippen molar-refractivity contribution >= 4 is 18.4 Å². The molecule has 0 aromatic heterocycles. The number of hydrogen-bond donors (Lipinski definition) is 0. The Bertz CT molecular complexity index is 151. The van der Waals surface area contributed by atoms with Gasteiger partial charge in [-0.2, -0.15) is 11.2 Å². The molecular formula is C12H26SSi. The van der Waals surface area contributed by atoms with Gasteiger partial charge in [-0.15, -0.1) is 6.58 Å². The molecule has 0 saturated carbocycles. The average molecular weight is 230 g/mol. The van der Waals surface area contributed by atoms with E-state index >= 15 is 0 Å². The van der Waals surface area contributed by atoms with Gasteiger partial charge >= 0.3 is 0 Å². The zero-order chi connectivity index (χ0) is 11.4. The fraction of sp³-hybridized carbons (Fsp3) is 0.833. The lowest BCUT2D eigenvalue weighted by Crippen LogP contribution is -2.41. The van der Waals surface area contributed by atoms with E-state index in [1.807, 2.05) is 0 Å². The molecule has 2 heteroatoms. The van der Waals surface area contributed by atoms with E-state index in [1.54, 1.807) is 0 Å². The summed E-state index contributed by atoms with van der Waals surface area (Å²) in [5.74, 6) is 1.13. The SMILES string of the molecule is C=CCS[Si](C(C)C)(C(C)C)C(C)C. The third-order valence-electron chi connectivity index (χ3n) is 3.16. The Morgan fingerprint density at radius 3 is 1.57 bits per heavy atom. The third-order valence-corrected chi connectivity index (χ3v) is 15.7. The van der Waals surface area contributed by atoms with Gasteiger partial charge in [0.2, 0.25) is 0 Å². The van der Waals surface area contributed by atoms with Crippen LogP contribution in [0.5, 0.6) is 0 Å². The predicted molar refractivity (Wildman–Crippen MR) is 73.7 cm³/mol. The van der Waals surface area contributed by atoms with Crippen molar-refractivity contribution in [2.45, 2.75) is 58.2 Å². The van der Waals surface area contributed by atoms with Crippen molar-refractivity contribution in [2.24, 2.45) is 0 Å². The molecule has 0 spiro atoms. The van der Waals surface area contributed by atoms with Crippen LogP contribution >= 0.6 is 11.2 Å². The first kappa shape index (κ1) is 14.3. The molecule has 0 bridgehead atoms. The van der Waals surface area contributed by atoms with Gasteiger partial charge in [0.25, 0.3) is 0 Å². The molecule has 0 saturated heterocycles. The van der Waals surface area contributed by atoms with Crippen LogP contribution in [0.1, 0.15) is 41.5 Å². The number of rotatable bonds is 6. The molecule has 0 aromatic carbocycles. The quantitative estimate of drug-likeness (QED) is 0.453. The summed E-state index contributed by atoms with van der Waals surface area (Å²) in [7, 11) is -1.20. The Labute approximate surface area is 95.2 Å². The summed E-state index contributed by atoms with van der Waals surface area (Å²) >= 11 is 2.21. The summed E-state index contributed by atoms with van der Waals surface area (Å²) in [6, 6.07) is 0. The normalized spacial score (nSPS) is 12.9. The van der Waals surface area contributed by atoms with E-state index in [0.717, 1.165) is 22.4 Å². The highest BCUT2D eigenvalue weighted by atomic mass is 32.4. The Morgan fingerprint density at radius 1 is 1.00 bits per heavy atom. The number of hydrogen-bond acceptors (Lipinski definition) is 1. The molecule has 14 heavy (non-hydrogen) atoms. The Morgan fingerprint density at radius 2 is 1.36 bits per heavy atom. The van der Waals surface area contributed by atoms with Crippen molar-refractivity contribution in [3.8, 4) is 0 Å². The predicted octanol–water partition coefficient (Wildman–Crippen LogP) is 5.08. The summed E-state index contributed by atoms with van der Waals surface area (Å²) in [5, 5.41) is 0. The van der Waals surface area contributed by atoms with Gasteiger partial charge in [-0.1, -0.05) is 47.6 Å². The first-order valence-corrected chi connectivity index (χ1v) is 9.58. The van der Waals surface area contributed by atoms with Gasteiger partial charge in [0.1, 0.15) is 7.22 Å². The maximum atomic E-state index is 3.84. The Balaban J connectivity index is 4.84. The second-order valence-electron chi connectivity index (χ2n) is 4.92. The van der Waals surface area contributed by atoms with Gasteiger partial charge in [-0.3, -0.25) is 0 Å². The Kier molecular flexibility index (Phi) is 6.15. The molecule has 0 atom stereocenters. The summed E-state index contributed by atoms with van der Waals surface area (Å²) < 4.78 is 0. The highest BCUT2D eigenvalue weighted by molar-refractivity contribution is 8.29. The van der Waals surface area contributed by atoms with Crippen LogP contribution in [-0.4, -0.2) is 13.0 Å². The molecule has 0 aromatic rings. The highest BCUT2D eigenvalue weighted by Crippen LogP contribution is 2.49. The van der Waals surface area contributed by atoms with E-state index in [2.05, 4.69) is 65.4 Å². The van der Waals surface area contributed by atoms with Crippen LogP contribution in [0.25, 0.3) is 0 Å². The fourth-order valence-corrected chi connectivity index (χ4v) is 12.3. The summed E-state index contributed by atoms with van der Waals surface area (Å²) in [5.41, 5.74) is 2.56. The van der Waals surface area contributed by atoms with Crippen molar-refractivity contribution in [1.82, 2.24) is 0 Å². The minimum absolute atomic E-state index is 0.854. The second kappa shape index (κ2) is 6.01. The molecule has 0 heterocycles. The lowest BCUT2D eigenvalue weighted by Gasteiger charge is -2.42. The van der Waals surface area contributed by atoms with E-state index in [9.17, 15) is 0 Å². The van der Waals surface area contributed by atoms with Crippen molar-refractivity contribution in [2.75, 3.05) is 5.75 Å². The highest BCUT2D eigenvalue weighted by Gasteiger charge is 2.42. The van der Waals surface area contributed by atoms with Crippen LogP contribution in [0.15, 0.2) is 12.7 Å². The molecule has 0 rings (SSSR count). The molecule has 0 fully saturated rings. The second-order valence-corrected chi connectivity index (χ2v) is 13.7. The van der Waals surface area contributed by atoms with E-state index < -0.39 is 7.22 Å². The molecule has 0 aliphatic carbocycles. The lowest BCUT2D eigenvalue weighted by atomic mass is 10.5. The largest absolute Gasteiger partial charge is 0.180 e. The fourth-order valence-electron chi connectivity index (χ4n) is 2.70. The van der Waals surface area contributed by atoms with Crippen LogP contribution in [0.4, 0.5) is 0 Å². The van der Waals surface area contributed by atoms with Crippen LogP contribution in [0.3, 0.4) is 0 Å². The zero-order valence-corrected chi connectivity index (χ0v) is 12.4. The molecule has 0 radical (unpaired) electrons. The topological polar surface area (TPSA) is 0 Å². The van der Waals surface area contributed by atoms with Crippen molar-refractivity contribution in [3.05, 3.63) is 12.7 Å². The van der Waals surface area contributed by atoms with Crippen molar-refractivity contribution in [3.63, 3.8) is 0 Å². The van der Waals surface area contributed by atoms with Gasteiger partial charge in [0.15, 0.2) is 0 Å². The lowest BCUT2D eigenvalue weighted by molar-refractivity contribution is 0.851. The smallest absolute Gasteiger partial charge is 0.125 e. The molecule has 0 amide bonds. The van der Waals surface area contributed by atoms with E-state index in [0.29, 0.717) is 0 Å². The first-order valence-electron chi connectivity index (χ1n) is 5.64. The summed E-state index contributed by atoms with van der Waals surface area (Å²) in [6.07, 6.45) is 2.06. The van der Waals surface area contributed by atoms with Gasteiger partial charge in [-0.25, -0.2) is 0 Å². The van der Waals surface area contributed by atoms with Gasteiger partial charge in [-0.05, 0) is 16.6 Å². The maximum absolute atomic E-state index is 3.84. The van der Waals surface area contributed by atoms with Crippen LogP contribution in [0, 0.1) is 0 Å². The van der Waals surface area contributed by atoms with E-state index in [4.69, 9.17) is 0 Å². The van der Waals surface area contributed by atoms with Crippen LogP contribution in [-0.2, 0) is 0 Å². The summed E-state index contributed by atoms with van der Waals surface area (Å²) in [6.45, 7) is 18.3. The minimum Gasteiger partial charge on any atom is -0.180 e. The average Bonchev–Trinajstić information content (AvgIpc) is 2.03. The molecule has 0 nitrogen and oxygen atoms in total. The van der Waals surface area contributed by atoms with Gasteiger partial charge in [0.05, 0.1) is 0 Å². The monoisotopic (exact) mass is 230 g/mol. The summed E-state index contributed by atoms with van der Waals surface area (Å²) in [4.78, 5) is 0. The molecule has 0 aliphatic rings. The van der Waals surface area contributed by atoms with E-state index in [-0.39, 0.29) is 0 Å². The maximum Gasteiger partial charge on any atom is 0.125 e. The van der Waals surface area contributed by atoms with E-state index in [1.165, 1.54) is 0 Å². The standard InChI is InChI=1S/C12H26SSi/c1-8-9-13-14(10(2)3,11(4)5)12(6)7/h8,10-12H,1,9H2,2-7H3. The van der Waals surface area contributed by atoms with Gasteiger partial charge < -0.3 is 0 Å². The first-order chi connectivity index (χ1) is 6.39. The molecular weight excluding hydrogens is 204 g/mol. The van der Waals surface area contributed by atoms with Crippen molar-refractivity contribution < 1.29 is 0 Å². The zero-order valence-electron chi connectivity index (χ0n) is 10.6. The molecule has 0 aliphatic heterocycles. The van der Waals surface area contributed by atoms with Crippen molar-refractivity contribution in [1.29, 1.82) is 0 Å². The molecule has 0 N–H and O–H groups in total. The third kappa shape index (κ3) is 2.90. The van der Waals surface area contributed by atoms with Crippen LogP contribution < -0.4 is 0 Å². The van der Waals surface area contributed by atoms with Gasteiger partial charge in [0, 0.05) is 5.75 Å². The minimum atomic E-state index is -1.20. The molecule has 0 unspecified atom stereocenters. The Hall–Kier alpha value is 0.307.